The lowest BCUT2D eigenvalue weighted by molar-refractivity contribution is -0.116. The number of rotatable bonds is 5. The van der Waals surface area contributed by atoms with Crippen molar-refractivity contribution in [1.29, 1.82) is 0 Å². The van der Waals surface area contributed by atoms with Gasteiger partial charge < -0.3 is 15.8 Å². The second-order valence-electron chi connectivity index (χ2n) is 4.65. The Morgan fingerprint density at radius 1 is 1.29 bits per heavy atom. The van der Waals surface area contributed by atoms with Gasteiger partial charge in [0.05, 0.1) is 18.7 Å². The van der Waals surface area contributed by atoms with E-state index in [0.29, 0.717) is 17.0 Å². The average molecular weight is 288 g/mol. The highest BCUT2D eigenvalue weighted by Crippen LogP contribution is 2.19. The molecule has 0 saturated heterocycles. The first-order valence-corrected chi connectivity index (χ1v) is 6.59. The van der Waals surface area contributed by atoms with E-state index < -0.39 is 5.82 Å². The van der Waals surface area contributed by atoms with Crippen molar-refractivity contribution in [3.05, 3.63) is 53.8 Å². The predicted molar refractivity (Wildman–Crippen MR) is 80.7 cm³/mol. The van der Waals surface area contributed by atoms with Crippen LogP contribution < -0.4 is 15.8 Å². The second-order valence-corrected chi connectivity index (χ2v) is 4.65. The lowest BCUT2D eigenvalue weighted by atomic mass is 10.2. The third-order valence-corrected chi connectivity index (χ3v) is 2.94. The third kappa shape index (κ3) is 4.21. The fourth-order valence-corrected chi connectivity index (χ4v) is 1.86. The molecular weight excluding hydrogens is 271 g/mol. The molecule has 0 bridgehead atoms. The van der Waals surface area contributed by atoms with Gasteiger partial charge in [0.1, 0.15) is 11.6 Å². The van der Waals surface area contributed by atoms with Crippen molar-refractivity contribution in [3.8, 4) is 5.75 Å². The number of carbonyl (C=O) groups is 1. The molecule has 0 radical (unpaired) electrons. The van der Waals surface area contributed by atoms with Crippen LogP contribution in [0.4, 0.5) is 15.8 Å². The van der Waals surface area contributed by atoms with Crippen LogP contribution in [0.25, 0.3) is 0 Å². The van der Waals surface area contributed by atoms with Gasteiger partial charge in [-0.2, -0.15) is 0 Å². The van der Waals surface area contributed by atoms with E-state index in [9.17, 15) is 9.18 Å². The molecule has 2 aromatic carbocycles. The monoisotopic (exact) mass is 288 g/mol. The topological polar surface area (TPSA) is 64.3 Å². The Hall–Kier alpha value is -2.56. The molecule has 3 N–H and O–H groups in total. The first kappa shape index (κ1) is 14.8. The number of anilines is 2. The summed E-state index contributed by atoms with van der Waals surface area (Å²) < 4.78 is 19.0. The number of nitrogens with two attached hydrogens (primary N) is 1. The van der Waals surface area contributed by atoms with Crippen molar-refractivity contribution >= 4 is 17.3 Å². The number of hydrogen-bond acceptors (Lipinski definition) is 3. The summed E-state index contributed by atoms with van der Waals surface area (Å²) in [7, 11) is 0. The Kier molecular flexibility index (Phi) is 4.77. The maximum atomic E-state index is 13.6. The highest BCUT2D eigenvalue weighted by molar-refractivity contribution is 5.91. The van der Waals surface area contributed by atoms with Gasteiger partial charge in [-0.05, 0) is 30.7 Å². The van der Waals surface area contributed by atoms with Gasteiger partial charge in [-0.1, -0.05) is 18.2 Å². The van der Waals surface area contributed by atoms with Crippen molar-refractivity contribution in [1.82, 2.24) is 0 Å². The fourth-order valence-electron chi connectivity index (χ4n) is 1.86. The Balaban J connectivity index is 1.85. The molecule has 21 heavy (non-hydrogen) atoms. The molecule has 110 valence electrons. The van der Waals surface area contributed by atoms with Crippen LogP contribution in [0.1, 0.15) is 12.0 Å². The first-order chi connectivity index (χ1) is 10.1. The molecule has 0 unspecified atom stereocenters. The highest BCUT2D eigenvalue weighted by atomic mass is 19.1. The van der Waals surface area contributed by atoms with Crippen molar-refractivity contribution in [2.24, 2.45) is 0 Å². The zero-order valence-corrected chi connectivity index (χ0v) is 11.7. The number of hydrogen-bond donors (Lipinski definition) is 2. The van der Waals surface area contributed by atoms with Crippen LogP contribution in [0.2, 0.25) is 0 Å². The van der Waals surface area contributed by atoms with E-state index in [1.165, 1.54) is 6.07 Å². The largest absolute Gasteiger partial charge is 0.493 e. The minimum Gasteiger partial charge on any atom is -0.493 e. The van der Waals surface area contributed by atoms with Crippen molar-refractivity contribution in [2.45, 2.75) is 13.3 Å². The van der Waals surface area contributed by atoms with Crippen LogP contribution in [0.3, 0.4) is 0 Å². The molecule has 0 atom stereocenters. The van der Waals surface area contributed by atoms with E-state index in [2.05, 4.69) is 5.32 Å². The van der Waals surface area contributed by atoms with Crippen molar-refractivity contribution < 1.29 is 13.9 Å². The molecule has 0 aliphatic carbocycles. The zero-order chi connectivity index (χ0) is 15.2. The number of nitrogen functional groups attached to an aromatic ring is 1. The zero-order valence-electron chi connectivity index (χ0n) is 11.7. The molecule has 0 spiro atoms. The Morgan fingerprint density at radius 2 is 2.05 bits per heavy atom. The Bertz CT molecular complexity index is 624. The summed E-state index contributed by atoms with van der Waals surface area (Å²) in [6, 6.07) is 11.6. The van der Waals surface area contributed by atoms with E-state index in [1.54, 1.807) is 43.3 Å². The van der Waals surface area contributed by atoms with E-state index in [4.69, 9.17) is 10.5 Å². The molecule has 2 aromatic rings. The number of para-hydroxylation sites is 1. The minimum absolute atomic E-state index is 0.128. The van der Waals surface area contributed by atoms with E-state index in [-0.39, 0.29) is 24.6 Å². The van der Waals surface area contributed by atoms with Gasteiger partial charge >= 0.3 is 0 Å². The number of carbonyl (C=O) groups excluding carboxylic acids is 1. The third-order valence-electron chi connectivity index (χ3n) is 2.94. The summed E-state index contributed by atoms with van der Waals surface area (Å²) in [6.07, 6.45) is 0.128. The normalized spacial score (nSPS) is 10.2. The number of benzene rings is 2. The van der Waals surface area contributed by atoms with Gasteiger partial charge in [-0.3, -0.25) is 4.79 Å². The van der Waals surface area contributed by atoms with Gasteiger partial charge in [0.15, 0.2) is 0 Å². The van der Waals surface area contributed by atoms with Crippen LogP contribution >= 0.6 is 0 Å². The lowest BCUT2D eigenvalue weighted by Gasteiger charge is -2.10. The number of nitrogens with one attached hydrogen (secondary N) is 1. The molecule has 0 saturated carbocycles. The maximum absolute atomic E-state index is 13.6. The minimum atomic E-state index is -0.444. The predicted octanol–water partition coefficient (Wildman–Crippen LogP) is 3.12. The van der Waals surface area contributed by atoms with Gasteiger partial charge in [-0.15, -0.1) is 0 Å². The van der Waals surface area contributed by atoms with Gasteiger partial charge in [-0.25, -0.2) is 4.39 Å². The molecule has 0 fully saturated rings. The highest BCUT2D eigenvalue weighted by Gasteiger charge is 2.09. The molecule has 0 aliphatic rings. The molecule has 0 heterocycles. The summed E-state index contributed by atoms with van der Waals surface area (Å²) in [5.41, 5.74) is 7.12. The van der Waals surface area contributed by atoms with Crippen LogP contribution in [0.5, 0.6) is 5.75 Å². The van der Waals surface area contributed by atoms with Gasteiger partial charge in [0.2, 0.25) is 5.91 Å². The number of halogens is 1. The van der Waals surface area contributed by atoms with Crippen LogP contribution in [-0.2, 0) is 4.79 Å². The van der Waals surface area contributed by atoms with Crippen molar-refractivity contribution in [3.63, 3.8) is 0 Å². The molecule has 1 amide bonds. The molecular formula is C16H17FN2O2. The number of ether oxygens (including phenoxy) is 1. The average Bonchev–Trinajstić information content (AvgIpc) is 2.43. The molecule has 0 aliphatic heterocycles. The summed E-state index contributed by atoms with van der Waals surface area (Å²) in [5.74, 6) is -0.142. The maximum Gasteiger partial charge on any atom is 0.227 e. The van der Waals surface area contributed by atoms with Crippen LogP contribution in [0, 0.1) is 12.7 Å². The summed E-state index contributed by atoms with van der Waals surface area (Å²) in [4.78, 5) is 11.8. The lowest BCUT2D eigenvalue weighted by Crippen LogP contribution is -2.16. The first-order valence-electron chi connectivity index (χ1n) is 6.59. The fraction of sp³-hybridized carbons (Fsp3) is 0.188. The van der Waals surface area contributed by atoms with Crippen LogP contribution in [0.15, 0.2) is 42.5 Å². The van der Waals surface area contributed by atoms with E-state index >= 15 is 0 Å². The van der Waals surface area contributed by atoms with E-state index in [0.717, 1.165) is 0 Å². The summed E-state index contributed by atoms with van der Waals surface area (Å²) in [5, 5.41) is 2.56. The second kappa shape index (κ2) is 6.74. The van der Waals surface area contributed by atoms with E-state index in [1.807, 2.05) is 0 Å². The number of aryl methyl sites for hydroxylation is 1. The van der Waals surface area contributed by atoms with Crippen LogP contribution in [-0.4, -0.2) is 12.5 Å². The smallest absolute Gasteiger partial charge is 0.227 e. The SMILES string of the molecule is Cc1cccc(F)c1NC(=O)CCOc1cccc(N)c1. The molecule has 4 nitrogen and oxygen atoms in total. The summed E-state index contributed by atoms with van der Waals surface area (Å²) >= 11 is 0. The number of amides is 1. The molecule has 2 rings (SSSR count). The quantitative estimate of drug-likeness (QED) is 0.831. The van der Waals surface area contributed by atoms with Crippen molar-refractivity contribution in [2.75, 3.05) is 17.7 Å². The molecule has 5 heteroatoms. The van der Waals surface area contributed by atoms with Gasteiger partial charge in [0.25, 0.3) is 0 Å². The summed E-state index contributed by atoms with van der Waals surface area (Å²) in [6.45, 7) is 1.94. The standard InChI is InChI=1S/C16H17FN2O2/c1-11-4-2-7-14(17)16(11)19-15(20)8-9-21-13-6-3-5-12(18)10-13/h2-7,10H,8-9,18H2,1H3,(H,19,20). The Labute approximate surface area is 122 Å². The Morgan fingerprint density at radius 3 is 2.76 bits per heavy atom. The molecule has 0 aromatic heterocycles. The van der Waals surface area contributed by atoms with Gasteiger partial charge in [0, 0.05) is 11.8 Å².